The average molecular weight is 256 g/mol. The Bertz CT molecular complexity index is 368. The summed E-state index contributed by atoms with van der Waals surface area (Å²) < 4.78 is 5.26. The Morgan fingerprint density at radius 3 is 2.76 bits per heavy atom. The molecule has 0 spiro atoms. The number of ether oxygens (including phenoxy) is 1. The van der Waals surface area contributed by atoms with Crippen molar-refractivity contribution >= 4 is 17.5 Å². The number of likely N-dealkylation sites (N-methyl/N-ethyl adjacent to an activating group) is 1. The molecular weight excluding hydrogens is 238 g/mol. The summed E-state index contributed by atoms with van der Waals surface area (Å²) in [7, 11) is 3.45. The highest BCUT2D eigenvalue weighted by atomic mass is 35.5. The van der Waals surface area contributed by atoms with Crippen molar-refractivity contribution in [3.05, 3.63) is 29.8 Å². The van der Waals surface area contributed by atoms with Crippen molar-refractivity contribution in [2.24, 2.45) is 0 Å². The van der Waals surface area contributed by atoms with Gasteiger partial charge in [-0.2, -0.15) is 0 Å². The summed E-state index contributed by atoms with van der Waals surface area (Å²) in [5.41, 5.74) is 1.11. The number of hydrogen-bond donors (Lipinski definition) is 0. The van der Waals surface area contributed by atoms with E-state index in [0.717, 1.165) is 17.7 Å². The lowest BCUT2D eigenvalue weighted by Gasteiger charge is -2.17. The first kappa shape index (κ1) is 13.8. The molecule has 0 saturated heterocycles. The zero-order valence-electron chi connectivity index (χ0n) is 10.3. The number of para-hydroxylation sites is 1. The highest BCUT2D eigenvalue weighted by molar-refractivity contribution is 6.18. The van der Waals surface area contributed by atoms with Crippen LogP contribution in [0.4, 0.5) is 0 Å². The molecule has 0 aliphatic rings. The molecule has 0 fully saturated rings. The third kappa shape index (κ3) is 4.27. The van der Waals surface area contributed by atoms with Gasteiger partial charge in [0.25, 0.3) is 0 Å². The van der Waals surface area contributed by atoms with Crippen LogP contribution in [0.25, 0.3) is 0 Å². The lowest BCUT2D eigenvalue weighted by molar-refractivity contribution is -0.129. The second-order valence-electron chi connectivity index (χ2n) is 3.82. The van der Waals surface area contributed by atoms with Gasteiger partial charge in [-0.25, -0.2) is 0 Å². The molecule has 17 heavy (non-hydrogen) atoms. The fourth-order valence-electron chi connectivity index (χ4n) is 1.59. The van der Waals surface area contributed by atoms with Crippen molar-refractivity contribution in [3.63, 3.8) is 0 Å². The van der Waals surface area contributed by atoms with Crippen molar-refractivity contribution < 1.29 is 9.53 Å². The van der Waals surface area contributed by atoms with Crippen molar-refractivity contribution in [2.45, 2.75) is 12.8 Å². The minimum Gasteiger partial charge on any atom is -0.496 e. The van der Waals surface area contributed by atoms with E-state index in [9.17, 15) is 4.79 Å². The molecule has 0 bridgehead atoms. The number of carbonyl (C=O) groups is 1. The van der Waals surface area contributed by atoms with Crippen LogP contribution in [0.1, 0.15) is 12.0 Å². The predicted octanol–water partition coefficient (Wildman–Crippen LogP) is 2.33. The molecule has 1 aromatic carbocycles. The number of rotatable bonds is 6. The number of alkyl halides is 1. The Labute approximate surface area is 107 Å². The molecule has 0 heterocycles. The molecule has 0 aliphatic carbocycles. The van der Waals surface area contributed by atoms with Gasteiger partial charge in [0.05, 0.1) is 7.11 Å². The summed E-state index contributed by atoms with van der Waals surface area (Å²) in [6.07, 6.45) is 1.18. The first-order chi connectivity index (χ1) is 8.19. The van der Waals surface area contributed by atoms with Gasteiger partial charge >= 0.3 is 0 Å². The normalized spacial score (nSPS) is 10.1. The summed E-state index contributed by atoms with van der Waals surface area (Å²) in [4.78, 5) is 13.2. The SMILES string of the molecule is COc1ccccc1CCN(C)C(=O)CCCl. The van der Waals surface area contributed by atoms with E-state index in [1.807, 2.05) is 24.3 Å². The highest BCUT2D eigenvalue weighted by Crippen LogP contribution is 2.17. The molecule has 0 aromatic heterocycles. The van der Waals surface area contributed by atoms with Gasteiger partial charge in [-0.1, -0.05) is 18.2 Å². The van der Waals surface area contributed by atoms with Crippen LogP contribution in [0, 0.1) is 0 Å². The maximum atomic E-state index is 11.5. The van der Waals surface area contributed by atoms with Crippen LogP contribution in [0.2, 0.25) is 0 Å². The Morgan fingerprint density at radius 2 is 2.12 bits per heavy atom. The maximum absolute atomic E-state index is 11.5. The molecule has 0 saturated carbocycles. The van der Waals surface area contributed by atoms with Crippen molar-refractivity contribution in [1.29, 1.82) is 0 Å². The monoisotopic (exact) mass is 255 g/mol. The Hall–Kier alpha value is -1.22. The van der Waals surface area contributed by atoms with Gasteiger partial charge in [0.15, 0.2) is 0 Å². The van der Waals surface area contributed by atoms with E-state index < -0.39 is 0 Å². The number of benzene rings is 1. The fourth-order valence-corrected chi connectivity index (χ4v) is 1.76. The van der Waals surface area contributed by atoms with Gasteiger partial charge < -0.3 is 9.64 Å². The lowest BCUT2D eigenvalue weighted by Crippen LogP contribution is -2.28. The predicted molar refractivity (Wildman–Crippen MR) is 69.7 cm³/mol. The summed E-state index contributed by atoms with van der Waals surface area (Å²) in [5, 5.41) is 0. The van der Waals surface area contributed by atoms with E-state index in [2.05, 4.69) is 0 Å². The second-order valence-corrected chi connectivity index (χ2v) is 4.19. The topological polar surface area (TPSA) is 29.5 Å². The van der Waals surface area contributed by atoms with Crippen LogP contribution < -0.4 is 4.74 Å². The second kappa shape index (κ2) is 7.17. The standard InChI is InChI=1S/C13H18ClNO2/c1-15(13(16)7-9-14)10-8-11-5-3-4-6-12(11)17-2/h3-6H,7-10H2,1-2H3. The Balaban J connectivity index is 2.52. The van der Waals surface area contributed by atoms with Crippen molar-refractivity contribution in [2.75, 3.05) is 26.6 Å². The number of amides is 1. The average Bonchev–Trinajstić information content (AvgIpc) is 2.36. The molecule has 0 N–H and O–H groups in total. The molecule has 1 aromatic rings. The molecule has 0 radical (unpaired) electrons. The van der Waals surface area contributed by atoms with Crippen LogP contribution >= 0.6 is 11.6 Å². The van der Waals surface area contributed by atoms with E-state index >= 15 is 0 Å². The molecule has 1 rings (SSSR count). The van der Waals surface area contributed by atoms with Crippen molar-refractivity contribution in [1.82, 2.24) is 4.90 Å². The maximum Gasteiger partial charge on any atom is 0.223 e. The number of methoxy groups -OCH3 is 1. The van der Waals surface area contributed by atoms with Gasteiger partial charge in [0, 0.05) is 25.9 Å². The largest absolute Gasteiger partial charge is 0.496 e. The summed E-state index contributed by atoms with van der Waals surface area (Å²) >= 11 is 5.54. The Morgan fingerprint density at radius 1 is 1.41 bits per heavy atom. The quantitative estimate of drug-likeness (QED) is 0.730. The van der Waals surface area contributed by atoms with Crippen LogP contribution in [-0.4, -0.2) is 37.4 Å². The first-order valence-corrected chi connectivity index (χ1v) is 6.14. The fraction of sp³-hybridized carbons (Fsp3) is 0.462. The summed E-state index contributed by atoms with van der Waals surface area (Å²) in [5.74, 6) is 1.32. The zero-order valence-corrected chi connectivity index (χ0v) is 11.0. The molecule has 94 valence electrons. The van der Waals surface area contributed by atoms with E-state index in [1.54, 1.807) is 19.1 Å². The first-order valence-electron chi connectivity index (χ1n) is 5.61. The van der Waals surface area contributed by atoms with Gasteiger partial charge in [-0.05, 0) is 18.1 Å². The Kier molecular flexibility index (Phi) is 5.84. The van der Waals surface area contributed by atoms with Crippen molar-refractivity contribution in [3.8, 4) is 5.75 Å². The zero-order chi connectivity index (χ0) is 12.7. The molecule has 0 aliphatic heterocycles. The molecule has 0 unspecified atom stereocenters. The van der Waals surface area contributed by atoms with Gasteiger partial charge in [0.2, 0.25) is 5.91 Å². The number of nitrogens with zero attached hydrogens (tertiary/aromatic N) is 1. The van der Waals surface area contributed by atoms with E-state index in [4.69, 9.17) is 16.3 Å². The van der Waals surface area contributed by atoms with Gasteiger partial charge in [0.1, 0.15) is 5.75 Å². The van der Waals surface area contributed by atoms with Crippen LogP contribution in [0.3, 0.4) is 0 Å². The molecule has 3 nitrogen and oxygen atoms in total. The lowest BCUT2D eigenvalue weighted by atomic mass is 10.1. The van der Waals surface area contributed by atoms with Crippen LogP contribution in [-0.2, 0) is 11.2 Å². The number of carbonyl (C=O) groups excluding carboxylic acids is 1. The minimum absolute atomic E-state index is 0.0786. The number of hydrogen-bond acceptors (Lipinski definition) is 2. The molecule has 1 amide bonds. The summed E-state index contributed by atoms with van der Waals surface area (Å²) in [6.45, 7) is 0.677. The highest BCUT2D eigenvalue weighted by Gasteiger charge is 2.09. The van der Waals surface area contributed by atoms with Gasteiger partial charge in [-0.15, -0.1) is 11.6 Å². The number of halogens is 1. The third-order valence-corrected chi connectivity index (χ3v) is 2.83. The summed E-state index contributed by atoms with van der Waals surface area (Å²) in [6, 6.07) is 7.84. The minimum atomic E-state index is 0.0786. The smallest absolute Gasteiger partial charge is 0.223 e. The third-order valence-electron chi connectivity index (χ3n) is 2.64. The molecular formula is C13H18ClNO2. The van der Waals surface area contributed by atoms with Gasteiger partial charge in [-0.3, -0.25) is 4.79 Å². The van der Waals surface area contributed by atoms with E-state index in [0.29, 0.717) is 18.8 Å². The van der Waals surface area contributed by atoms with E-state index in [-0.39, 0.29) is 5.91 Å². The van der Waals surface area contributed by atoms with Crippen LogP contribution in [0.5, 0.6) is 5.75 Å². The van der Waals surface area contributed by atoms with E-state index in [1.165, 1.54) is 0 Å². The van der Waals surface area contributed by atoms with Crippen LogP contribution in [0.15, 0.2) is 24.3 Å². The molecule has 0 atom stereocenters. The molecule has 4 heteroatoms.